The Balaban J connectivity index is 2.06. The Kier molecular flexibility index (Phi) is 4.50. The molecule has 1 aromatic carbocycles. The van der Waals surface area contributed by atoms with Gasteiger partial charge in [0, 0.05) is 24.4 Å². The minimum atomic E-state index is -0.351. The number of hydrogen-bond donors (Lipinski definition) is 2. The van der Waals surface area contributed by atoms with Gasteiger partial charge in [0.1, 0.15) is 5.82 Å². The Hall–Kier alpha value is -1.46. The molecule has 1 fully saturated rings. The number of rotatable bonds is 4. The highest BCUT2D eigenvalue weighted by Gasteiger charge is 2.32. The van der Waals surface area contributed by atoms with Crippen LogP contribution in [0.5, 0.6) is 0 Å². The minimum absolute atomic E-state index is 0.0190. The van der Waals surface area contributed by atoms with Crippen LogP contribution in [0.15, 0.2) is 18.2 Å². The normalized spacial score (nSPS) is 22.5. The summed E-state index contributed by atoms with van der Waals surface area (Å²) in [6.45, 7) is 2.73. The lowest BCUT2D eigenvalue weighted by Crippen LogP contribution is -2.29. The summed E-state index contributed by atoms with van der Waals surface area (Å²) in [4.78, 5) is 12.2. The number of amides is 1. The smallest absolute Gasteiger partial charge is 0.230 e. The molecule has 1 heterocycles. The van der Waals surface area contributed by atoms with Crippen molar-refractivity contribution in [3.05, 3.63) is 29.6 Å². The van der Waals surface area contributed by atoms with Crippen molar-refractivity contribution in [1.29, 1.82) is 0 Å². The van der Waals surface area contributed by atoms with Crippen molar-refractivity contribution < 1.29 is 13.9 Å². The van der Waals surface area contributed by atoms with Gasteiger partial charge in [-0.15, -0.1) is 0 Å². The van der Waals surface area contributed by atoms with Crippen LogP contribution in [0.2, 0.25) is 0 Å². The molecule has 104 valence electrons. The zero-order valence-electron chi connectivity index (χ0n) is 11.0. The lowest BCUT2D eigenvalue weighted by atomic mass is 9.98. The highest BCUT2D eigenvalue weighted by atomic mass is 19.1. The first kappa shape index (κ1) is 14.0. The van der Waals surface area contributed by atoms with E-state index in [9.17, 15) is 9.18 Å². The Bertz CT molecular complexity index is 465. The van der Waals surface area contributed by atoms with Crippen molar-refractivity contribution in [2.45, 2.75) is 32.4 Å². The number of benzene rings is 1. The summed E-state index contributed by atoms with van der Waals surface area (Å²) in [6.07, 6.45) is 1.53. The highest BCUT2D eigenvalue weighted by Crippen LogP contribution is 2.25. The number of carbonyl (C=O) groups excluding carboxylic acids is 1. The fraction of sp³-hybridized carbons (Fsp3) is 0.500. The zero-order valence-corrected chi connectivity index (χ0v) is 11.0. The maximum atomic E-state index is 13.3. The first-order valence-corrected chi connectivity index (χ1v) is 6.56. The lowest BCUT2D eigenvalue weighted by Gasteiger charge is -2.16. The molecular formula is C14H19FN2O2. The third kappa shape index (κ3) is 3.11. The summed E-state index contributed by atoms with van der Waals surface area (Å²) in [5.41, 5.74) is 6.42. The Morgan fingerprint density at radius 1 is 1.58 bits per heavy atom. The third-order valence-corrected chi connectivity index (χ3v) is 3.48. The van der Waals surface area contributed by atoms with Gasteiger partial charge in [-0.3, -0.25) is 4.79 Å². The molecule has 1 saturated heterocycles. The molecule has 3 N–H and O–H groups in total. The van der Waals surface area contributed by atoms with Gasteiger partial charge in [0.05, 0.1) is 12.0 Å². The molecule has 1 amide bonds. The Morgan fingerprint density at radius 2 is 2.37 bits per heavy atom. The summed E-state index contributed by atoms with van der Waals surface area (Å²) in [7, 11) is 0. The van der Waals surface area contributed by atoms with Crippen LogP contribution in [0.4, 0.5) is 10.1 Å². The maximum absolute atomic E-state index is 13.3. The van der Waals surface area contributed by atoms with Gasteiger partial charge in [-0.2, -0.15) is 0 Å². The molecule has 19 heavy (non-hydrogen) atoms. The van der Waals surface area contributed by atoms with Gasteiger partial charge in [-0.05, 0) is 31.0 Å². The van der Waals surface area contributed by atoms with Crippen LogP contribution in [-0.4, -0.2) is 18.6 Å². The van der Waals surface area contributed by atoms with Crippen molar-refractivity contribution in [2.24, 2.45) is 11.7 Å². The van der Waals surface area contributed by atoms with Crippen molar-refractivity contribution in [3.63, 3.8) is 0 Å². The molecule has 0 aliphatic carbocycles. The summed E-state index contributed by atoms with van der Waals surface area (Å²) < 4.78 is 18.8. The zero-order chi connectivity index (χ0) is 13.8. The van der Waals surface area contributed by atoms with E-state index in [2.05, 4.69) is 5.32 Å². The van der Waals surface area contributed by atoms with Crippen molar-refractivity contribution in [3.8, 4) is 0 Å². The summed E-state index contributed by atoms with van der Waals surface area (Å²) >= 11 is 0. The molecule has 2 unspecified atom stereocenters. The van der Waals surface area contributed by atoms with Crippen molar-refractivity contribution in [1.82, 2.24) is 0 Å². The molecule has 4 nitrogen and oxygen atoms in total. The van der Waals surface area contributed by atoms with E-state index in [1.165, 1.54) is 6.07 Å². The van der Waals surface area contributed by atoms with Crippen LogP contribution < -0.4 is 11.1 Å². The van der Waals surface area contributed by atoms with Gasteiger partial charge in [-0.1, -0.05) is 6.92 Å². The number of carbonyl (C=O) groups is 1. The molecule has 0 aromatic heterocycles. The SMILES string of the molecule is CCC1OCCC1C(=O)Nc1ccc(F)c(CN)c1. The van der Waals surface area contributed by atoms with Crippen molar-refractivity contribution in [2.75, 3.05) is 11.9 Å². The number of nitrogens with one attached hydrogen (secondary N) is 1. The van der Waals surface area contributed by atoms with Crippen LogP contribution in [0.1, 0.15) is 25.3 Å². The number of nitrogens with two attached hydrogens (primary N) is 1. The van der Waals surface area contributed by atoms with Crippen LogP contribution in [0.25, 0.3) is 0 Å². The molecule has 2 rings (SSSR count). The number of ether oxygens (including phenoxy) is 1. The molecule has 1 aromatic rings. The van der Waals surface area contributed by atoms with Crippen molar-refractivity contribution >= 4 is 11.6 Å². The second-order valence-electron chi connectivity index (χ2n) is 4.71. The number of anilines is 1. The predicted molar refractivity (Wildman–Crippen MR) is 71.1 cm³/mol. The van der Waals surface area contributed by atoms with E-state index < -0.39 is 0 Å². The minimum Gasteiger partial charge on any atom is -0.377 e. The predicted octanol–water partition coefficient (Wildman–Crippen LogP) is 2.04. The monoisotopic (exact) mass is 266 g/mol. The number of hydrogen-bond acceptors (Lipinski definition) is 3. The van der Waals surface area contributed by atoms with Gasteiger partial charge in [0.25, 0.3) is 0 Å². The average molecular weight is 266 g/mol. The molecule has 1 aliphatic rings. The molecule has 0 saturated carbocycles. The van der Waals surface area contributed by atoms with E-state index in [-0.39, 0.29) is 30.3 Å². The third-order valence-electron chi connectivity index (χ3n) is 3.48. The fourth-order valence-corrected chi connectivity index (χ4v) is 2.39. The van der Waals surface area contributed by atoms with Crippen LogP contribution in [0.3, 0.4) is 0 Å². The molecule has 2 atom stereocenters. The van der Waals surface area contributed by atoms with Crippen LogP contribution >= 0.6 is 0 Å². The number of halogens is 1. The first-order chi connectivity index (χ1) is 9.15. The maximum Gasteiger partial charge on any atom is 0.230 e. The van der Waals surface area contributed by atoms with E-state index in [0.29, 0.717) is 17.9 Å². The largest absolute Gasteiger partial charge is 0.377 e. The quantitative estimate of drug-likeness (QED) is 0.876. The standard InChI is InChI=1S/C14H19FN2O2/c1-2-13-11(5-6-19-13)14(18)17-10-3-4-12(15)9(7-10)8-16/h3-4,7,11,13H,2,5-6,8,16H2,1H3,(H,17,18). The van der Waals surface area contributed by atoms with Crippen LogP contribution in [0, 0.1) is 11.7 Å². The Morgan fingerprint density at radius 3 is 3.05 bits per heavy atom. The van der Waals surface area contributed by atoms with Gasteiger partial charge >= 0.3 is 0 Å². The van der Waals surface area contributed by atoms with E-state index in [4.69, 9.17) is 10.5 Å². The van der Waals surface area contributed by atoms with Gasteiger partial charge in [-0.25, -0.2) is 4.39 Å². The lowest BCUT2D eigenvalue weighted by molar-refractivity contribution is -0.121. The fourth-order valence-electron chi connectivity index (χ4n) is 2.39. The second-order valence-corrected chi connectivity index (χ2v) is 4.71. The molecular weight excluding hydrogens is 247 g/mol. The van der Waals surface area contributed by atoms with Crippen LogP contribution in [-0.2, 0) is 16.1 Å². The summed E-state index contributed by atoms with van der Waals surface area (Å²) in [6, 6.07) is 4.44. The molecule has 5 heteroatoms. The van der Waals surface area contributed by atoms with E-state index in [1.807, 2.05) is 6.92 Å². The molecule has 0 bridgehead atoms. The Labute approximate surface area is 112 Å². The average Bonchev–Trinajstić information content (AvgIpc) is 2.89. The molecule has 0 spiro atoms. The van der Waals surface area contributed by atoms with Gasteiger partial charge in [0.15, 0.2) is 0 Å². The van der Waals surface area contributed by atoms with Gasteiger partial charge in [0.2, 0.25) is 5.91 Å². The summed E-state index contributed by atoms with van der Waals surface area (Å²) in [5, 5.41) is 2.81. The molecule has 0 radical (unpaired) electrons. The highest BCUT2D eigenvalue weighted by molar-refractivity contribution is 5.93. The second kappa shape index (κ2) is 6.12. The summed E-state index contributed by atoms with van der Waals surface area (Å²) in [5.74, 6) is -0.550. The molecule has 1 aliphatic heterocycles. The first-order valence-electron chi connectivity index (χ1n) is 6.56. The van der Waals surface area contributed by atoms with E-state index in [1.54, 1.807) is 12.1 Å². The van der Waals surface area contributed by atoms with Gasteiger partial charge < -0.3 is 15.8 Å². The van der Waals surface area contributed by atoms with E-state index >= 15 is 0 Å². The van der Waals surface area contributed by atoms with E-state index in [0.717, 1.165) is 12.8 Å². The topological polar surface area (TPSA) is 64.3 Å².